The average Bonchev–Trinajstić information content (AvgIpc) is 0.778. The number of hydrogen-bond donors (Lipinski definition) is 9. The quantitative estimate of drug-likeness (QED) is 0.0118. The maximum atomic E-state index is 15.0. The van der Waals surface area contributed by atoms with Crippen molar-refractivity contribution in [3.63, 3.8) is 0 Å². The first-order valence-corrected chi connectivity index (χ1v) is 49.5. The Morgan fingerprint density at radius 1 is 0.365 bits per heavy atom. The lowest BCUT2D eigenvalue weighted by atomic mass is 9.95. The van der Waals surface area contributed by atoms with Gasteiger partial charge in [0, 0.05) is 12.8 Å². The number of phosphoric acid groups is 1. The second kappa shape index (κ2) is 73.8. The van der Waals surface area contributed by atoms with Crippen LogP contribution in [0.1, 0.15) is 465 Å². The zero-order chi connectivity index (χ0) is 84.0. The second-order valence-corrected chi connectivity index (χ2v) is 35.4. The Balaban J connectivity index is 2.51. The Morgan fingerprint density at radius 2 is 0.678 bits per heavy atom. The number of nitrogens with one attached hydrogen (secondary N) is 2. The van der Waals surface area contributed by atoms with Crippen LogP contribution in [0.25, 0.3) is 0 Å². The number of hydrogen-bond acceptors (Lipinski definition) is 18. The smallest absolute Gasteiger partial charge is 0.462 e. The third kappa shape index (κ3) is 58.7. The Labute approximate surface area is 699 Å². The number of unbranched alkanes of at least 4 members (excludes halogenated alkanes) is 54. The Bertz CT molecular complexity index is 2360. The maximum absolute atomic E-state index is 15.0. The fraction of sp³-hybridized carbons (Fsp3) is 0.946. The van der Waals surface area contributed by atoms with Crippen LogP contribution >= 0.6 is 7.82 Å². The molecule has 2 aliphatic rings. The van der Waals surface area contributed by atoms with Gasteiger partial charge in [0.25, 0.3) is 0 Å². The number of esters is 3. The predicted molar refractivity (Wildman–Crippen MR) is 459 cm³/mol. The van der Waals surface area contributed by atoms with Gasteiger partial charge in [-0.1, -0.05) is 388 Å². The average molecular weight is 1660 g/mol. The Kier molecular flexibility index (Phi) is 69.5. The number of ether oxygens (including phenoxy) is 6. The van der Waals surface area contributed by atoms with Crippen molar-refractivity contribution in [3.05, 3.63) is 0 Å². The topological polar surface area (TPSA) is 333 Å². The number of aliphatic hydroxyl groups is 5. The van der Waals surface area contributed by atoms with Crippen LogP contribution in [0, 0.1) is 0 Å². The molecule has 0 aliphatic carbocycles. The summed E-state index contributed by atoms with van der Waals surface area (Å²) in [7, 11) is -5.57. The molecule has 9 N–H and O–H groups in total. The lowest BCUT2D eigenvalue weighted by Gasteiger charge is -2.46. The summed E-state index contributed by atoms with van der Waals surface area (Å²) in [6.45, 7) is 9.32. The van der Waals surface area contributed by atoms with Gasteiger partial charge < -0.3 is 74.4 Å². The molecule has 0 spiro atoms. The van der Waals surface area contributed by atoms with Gasteiger partial charge in [0.1, 0.15) is 54.8 Å². The molecule has 5 unspecified atom stereocenters. The van der Waals surface area contributed by atoms with Gasteiger partial charge in [-0.3, -0.25) is 28.5 Å². The van der Waals surface area contributed by atoms with Gasteiger partial charge in [-0.25, -0.2) is 4.57 Å². The number of amides is 2. The summed E-state index contributed by atoms with van der Waals surface area (Å²) in [6, 6.07) is -3.32. The molecular weight excluding hydrogens is 1480 g/mol. The highest BCUT2D eigenvalue weighted by Crippen LogP contribution is 2.43. The molecule has 2 amide bonds. The molecule has 2 heterocycles. The highest BCUT2D eigenvalue weighted by atomic mass is 31.2. The van der Waals surface area contributed by atoms with E-state index in [0.29, 0.717) is 51.4 Å². The highest BCUT2D eigenvalue weighted by Gasteiger charge is 2.53. The minimum atomic E-state index is -5.57. The zero-order valence-corrected chi connectivity index (χ0v) is 74.6. The molecule has 13 atom stereocenters. The zero-order valence-electron chi connectivity index (χ0n) is 73.7. The molecule has 0 aromatic carbocycles. The molecular formula is C92H175N2O20P. The summed E-state index contributed by atoms with van der Waals surface area (Å²) >= 11 is 0. The SMILES string of the molecule is CCCCCCCCCCCCCCCC(=O)O[C@H](CCCCCCCCCCCCC)CC(=O)N[C@H]1C(OC(=O)C[C@@H](CCCCCCCCCCCCC)OC(=O)CCCCCCCCCCCCCCC)[C@H](OP(=O)(O)O)C(CO)O[C@H]1OCC1OC(O)C(NC(=O)C[C@H](O)CCCCCCCCCCCCC)[C@@H](O)[C@@H]1O. The summed E-state index contributed by atoms with van der Waals surface area (Å²) in [5, 5.41) is 61.7. The molecule has 2 fully saturated rings. The van der Waals surface area contributed by atoms with E-state index in [9.17, 15) is 63.9 Å². The summed E-state index contributed by atoms with van der Waals surface area (Å²) < 4.78 is 55.2. The number of carbonyl (C=O) groups is 5. The summed E-state index contributed by atoms with van der Waals surface area (Å²) in [5.41, 5.74) is 0. The van der Waals surface area contributed by atoms with Gasteiger partial charge in [0.2, 0.25) is 11.8 Å². The van der Waals surface area contributed by atoms with E-state index in [1.54, 1.807) is 0 Å². The van der Waals surface area contributed by atoms with Gasteiger partial charge in [0.15, 0.2) is 18.7 Å². The number of rotatable bonds is 81. The fourth-order valence-corrected chi connectivity index (χ4v) is 16.8. The van der Waals surface area contributed by atoms with Crippen LogP contribution in [-0.4, -0.2) is 158 Å². The Morgan fingerprint density at radius 3 is 1.03 bits per heavy atom. The number of phosphoric ester groups is 1. The number of carbonyl (C=O) groups excluding carboxylic acids is 5. The van der Waals surface area contributed by atoms with E-state index in [1.165, 1.54) is 212 Å². The first-order chi connectivity index (χ1) is 55.8. The van der Waals surface area contributed by atoms with Crippen molar-refractivity contribution in [2.75, 3.05) is 13.2 Å². The van der Waals surface area contributed by atoms with Crippen LogP contribution in [-0.2, 0) is 61.5 Å². The van der Waals surface area contributed by atoms with E-state index in [-0.39, 0.29) is 19.3 Å². The molecule has 0 aromatic heterocycles. The van der Waals surface area contributed by atoms with Gasteiger partial charge in [-0.2, -0.15) is 0 Å². The molecule has 0 radical (unpaired) electrons. The van der Waals surface area contributed by atoms with Crippen molar-refractivity contribution in [1.82, 2.24) is 10.6 Å². The van der Waals surface area contributed by atoms with Crippen LogP contribution < -0.4 is 10.6 Å². The van der Waals surface area contributed by atoms with Gasteiger partial charge in [-0.05, 0) is 44.9 Å². The van der Waals surface area contributed by atoms with E-state index in [0.717, 1.165) is 135 Å². The lowest BCUT2D eigenvalue weighted by molar-refractivity contribution is -0.297. The Hall–Kier alpha value is -2.86. The number of aliphatic hydroxyl groups excluding tert-OH is 5. The van der Waals surface area contributed by atoms with Crippen LogP contribution in [0.4, 0.5) is 0 Å². The summed E-state index contributed by atoms with van der Waals surface area (Å²) in [5.74, 6) is -3.43. The van der Waals surface area contributed by atoms with E-state index in [1.807, 2.05) is 0 Å². The lowest BCUT2D eigenvalue weighted by Crippen LogP contribution is -2.67. The third-order valence-electron chi connectivity index (χ3n) is 23.3. The first-order valence-electron chi connectivity index (χ1n) is 48.0. The van der Waals surface area contributed by atoms with Gasteiger partial charge >= 0.3 is 25.7 Å². The van der Waals surface area contributed by atoms with Crippen LogP contribution in [0.5, 0.6) is 0 Å². The molecule has 115 heavy (non-hydrogen) atoms. The molecule has 0 bridgehead atoms. The van der Waals surface area contributed by atoms with Gasteiger partial charge in [-0.15, -0.1) is 0 Å². The molecule has 2 aliphatic heterocycles. The van der Waals surface area contributed by atoms with Crippen LogP contribution in [0.2, 0.25) is 0 Å². The fourth-order valence-electron chi connectivity index (χ4n) is 16.2. The predicted octanol–water partition coefficient (Wildman–Crippen LogP) is 20.9. The summed E-state index contributed by atoms with van der Waals surface area (Å²) in [4.78, 5) is 91.8. The molecule has 22 nitrogen and oxygen atoms in total. The minimum absolute atomic E-state index is 0.131. The molecule has 0 saturated carbocycles. The first kappa shape index (κ1) is 108. The monoisotopic (exact) mass is 1660 g/mol. The van der Waals surface area contributed by atoms with Crippen molar-refractivity contribution in [2.24, 2.45) is 0 Å². The highest BCUT2D eigenvalue weighted by molar-refractivity contribution is 7.46. The molecule has 23 heteroatoms. The maximum Gasteiger partial charge on any atom is 0.470 e. The van der Waals surface area contributed by atoms with Crippen molar-refractivity contribution in [1.29, 1.82) is 0 Å². The van der Waals surface area contributed by atoms with E-state index in [4.69, 9.17) is 32.9 Å². The molecule has 678 valence electrons. The van der Waals surface area contributed by atoms with Crippen molar-refractivity contribution >= 4 is 37.5 Å². The van der Waals surface area contributed by atoms with E-state index < -0.39 is 143 Å². The van der Waals surface area contributed by atoms with Crippen molar-refractivity contribution < 1.29 is 96.8 Å². The molecule has 2 saturated heterocycles. The molecule has 2 rings (SSSR count). The standard InChI is InChI=1S/C92H175N2O20P/c1-6-11-16-21-26-31-36-38-43-48-53-58-63-68-82(99)109-76(66-61-56-51-46-41-34-29-24-19-14-9-4)71-81(98)94-86-90(113-84(101)72-77(67-62-57-52-47-42-35-30-25-20-15-10-5)110-83(100)69-64-59-54-49-44-39-37-32-27-22-17-12-7-2)89(114-115(105,106)107)78(73-95)112-92(86)108-74-79-87(102)88(103)85(91(104)111-79)93-80(97)70-75(96)65-60-55-50-45-40-33-28-23-18-13-8-3/h75-79,85-92,95-96,102-104H,6-74H2,1-5H3,(H,93,97)(H,94,98)(H2,105,106,107)/t75-,76-,77-,78?,79?,85?,86+,87-,88-,89-,90?,91?,92-/m1/s1. The van der Waals surface area contributed by atoms with Gasteiger partial charge in [0.05, 0.1) is 38.6 Å². The minimum Gasteiger partial charge on any atom is -0.462 e. The van der Waals surface area contributed by atoms with E-state index in [2.05, 4.69) is 45.3 Å². The third-order valence-corrected chi connectivity index (χ3v) is 23.9. The van der Waals surface area contributed by atoms with E-state index >= 15 is 0 Å². The van der Waals surface area contributed by atoms with Crippen molar-refractivity contribution in [3.8, 4) is 0 Å². The van der Waals surface area contributed by atoms with Crippen molar-refractivity contribution in [2.45, 2.75) is 544 Å². The van der Waals surface area contributed by atoms with Crippen LogP contribution in [0.3, 0.4) is 0 Å². The molecule has 0 aromatic rings. The largest absolute Gasteiger partial charge is 0.470 e. The summed E-state index contributed by atoms with van der Waals surface area (Å²) in [6.07, 6.45) is 47.7. The van der Waals surface area contributed by atoms with Crippen LogP contribution in [0.15, 0.2) is 0 Å². The normalized spacial score (nSPS) is 20.6. The second-order valence-electron chi connectivity index (χ2n) is 34.3.